The Morgan fingerprint density at radius 3 is 3.07 bits per heavy atom. The summed E-state index contributed by atoms with van der Waals surface area (Å²) >= 11 is 0. The Kier molecular flexibility index (Phi) is 4.63. The van der Waals surface area contributed by atoms with E-state index in [9.17, 15) is 4.79 Å². The van der Waals surface area contributed by atoms with Crippen LogP contribution >= 0.6 is 0 Å². The van der Waals surface area contributed by atoms with Gasteiger partial charge in [0.2, 0.25) is 5.82 Å². The number of nitrogens with zero attached hydrogens (tertiary/aromatic N) is 2. The second kappa shape index (κ2) is 6.09. The molecule has 6 heteroatoms. The van der Waals surface area contributed by atoms with Gasteiger partial charge >= 0.3 is 0 Å². The molecule has 3 N–H and O–H groups in total. The van der Waals surface area contributed by atoms with Crippen molar-refractivity contribution < 1.29 is 4.79 Å². The van der Waals surface area contributed by atoms with E-state index in [0.29, 0.717) is 6.54 Å². The van der Waals surface area contributed by atoms with Crippen LogP contribution in [0.1, 0.15) is 24.0 Å². The van der Waals surface area contributed by atoms with Crippen molar-refractivity contribution in [2.45, 2.75) is 13.3 Å². The average molecular weight is 197 g/mol. The molecule has 0 aliphatic carbocycles. The van der Waals surface area contributed by atoms with Gasteiger partial charge in [-0.15, -0.1) is 0 Å². The Hall–Kier alpha value is -1.43. The van der Waals surface area contributed by atoms with Gasteiger partial charge in [0.15, 0.2) is 0 Å². The van der Waals surface area contributed by atoms with E-state index >= 15 is 0 Å². The number of nitrogens with one attached hydrogen (secondary N) is 3. The first kappa shape index (κ1) is 10.6. The predicted octanol–water partition coefficient (Wildman–Crippen LogP) is -0.466. The quantitative estimate of drug-likeness (QED) is 0.539. The third-order valence-corrected chi connectivity index (χ3v) is 1.70. The topological polar surface area (TPSA) is 82.7 Å². The number of aromatic nitrogens is 3. The number of hydrogen-bond acceptors (Lipinski definition) is 4. The molecule has 0 saturated heterocycles. The Balaban J connectivity index is 2.10. The molecule has 0 aromatic carbocycles. The summed E-state index contributed by atoms with van der Waals surface area (Å²) < 4.78 is 0. The van der Waals surface area contributed by atoms with Crippen LogP contribution in [-0.2, 0) is 0 Å². The highest BCUT2D eigenvalue weighted by Crippen LogP contribution is 1.84. The lowest BCUT2D eigenvalue weighted by Crippen LogP contribution is -2.28. The molecule has 14 heavy (non-hydrogen) atoms. The number of H-pyrrole nitrogens is 1. The third-order valence-electron chi connectivity index (χ3n) is 1.70. The smallest absolute Gasteiger partial charge is 0.288 e. The van der Waals surface area contributed by atoms with Gasteiger partial charge in [0, 0.05) is 6.54 Å². The van der Waals surface area contributed by atoms with Crippen molar-refractivity contribution in [2.24, 2.45) is 0 Å². The highest BCUT2D eigenvalue weighted by Gasteiger charge is 2.06. The maximum Gasteiger partial charge on any atom is 0.288 e. The summed E-state index contributed by atoms with van der Waals surface area (Å²) in [6.07, 6.45) is 2.22. The second-order valence-electron chi connectivity index (χ2n) is 2.80. The minimum absolute atomic E-state index is 0.209. The molecule has 0 saturated carbocycles. The van der Waals surface area contributed by atoms with Crippen LogP contribution in [0.5, 0.6) is 0 Å². The van der Waals surface area contributed by atoms with Gasteiger partial charge in [0.05, 0.1) is 0 Å². The standard InChI is InChI=1S/C8H15N5O/c1-2-9-4-3-5-10-8(14)7-11-6-12-13-7/h6,9H,2-5H2,1H3,(H,10,14)(H,11,12,13). The Morgan fingerprint density at radius 1 is 1.57 bits per heavy atom. The van der Waals surface area contributed by atoms with Crippen molar-refractivity contribution in [3.05, 3.63) is 12.2 Å². The first-order valence-electron chi connectivity index (χ1n) is 4.69. The van der Waals surface area contributed by atoms with Crippen LogP contribution in [0.25, 0.3) is 0 Å². The average Bonchev–Trinajstić information content (AvgIpc) is 2.70. The highest BCUT2D eigenvalue weighted by atomic mass is 16.2. The summed E-state index contributed by atoms with van der Waals surface area (Å²) in [6.45, 7) is 4.56. The maximum atomic E-state index is 11.3. The molecule has 0 bridgehead atoms. The van der Waals surface area contributed by atoms with Gasteiger partial charge in [-0.25, -0.2) is 4.98 Å². The van der Waals surface area contributed by atoms with Gasteiger partial charge in [-0.3, -0.25) is 9.89 Å². The van der Waals surface area contributed by atoms with E-state index in [1.807, 2.05) is 6.92 Å². The number of carbonyl (C=O) groups excluding carboxylic acids is 1. The molecule has 0 aliphatic rings. The first-order chi connectivity index (χ1) is 6.84. The minimum atomic E-state index is -0.209. The number of hydrogen-bond donors (Lipinski definition) is 3. The Labute approximate surface area is 82.5 Å². The zero-order valence-electron chi connectivity index (χ0n) is 8.21. The minimum Gasteiger partial charge on any atom is -0.349 e. The van der Waals surface area contributed by atoms with E-state index in [0.717, 1.165) is 19.5 Å². The fourth-order valence-electron chi connectivity index (χ4n) is 0.991. The summed E-state index contributed by atoms with van der Waals surface area (Å²) in [5.41, 5.74) is 0. The molecular weight excluding hydrogens is 182 g/mol. The van der Waals surface area contributed by atoms with Gasteiger partial charge in [0.1, 0.15) is 6.33 Å². The SMILES string of the molecule is CCNCCCNC(=O)c1ncn[nH]1. The second-order valence-corrected chi connectivity index (χ2v) is 2.80. The van der Waals surface area contributed by atoms with Crippen LogP contribution in [0.4, 0.5) is 0 Å². The molecule has 1 rings (SSSR count). The van der Waals surface area contributed by atoms with Crippen LogP contribution in [0.3, 0.4) is 0 Å². The van der Waals surface area contributed by atoms with Gasteiger partial charge in [-0.05, 0) is 19.5 Å². The van der Waals surface area contributed by atoms with Gasteiger partial charge in [0.25, 0.3) is 5.91 Å². The fraction of sp³-hybridized carbons (Fsp3) is 0.625. The summed E-state index contributed by atoms with van der Waals surface area (Å²) in [6, 6.07) is 0. The van der Waals surface area contributed by atoms with E-state index < -0.39 is 0 Å². The first-order valence-corrected chi connectivity index (χ1v) is 4.69. The molecule has 1 amide bonds. The molecule has 0 fully saturated rings. The summed E-state index contributed by atoms with van der Waals surface area (Å²) in [5.74, 6) is 0.0486. The third kappa shape index (κ3) is 3.53. The van der Waals surface area contributed by atoms with Crippen molar-refractivity contribution in [1.29, 1.82) is 0 Å². The van der Waals surface area contributed by atoms with E-state index in [1.54, 1.807) is 0 Å². The zero-order valence-corrected chi connectivity index (χ0v) is 8.21. The van der Waals surface area contributed by atoms with Crippen LogP contribution < -0.4 is 10.6 Å². The van der Waals surface area contributed by atoms with Crippen LogP contribution in [0.2, 0.25) is 0 Å². The van der Waals surface area contributed by atoms with Crippen LogP contribution in [0.15, 0.2) is 6.33 Å². The van der Waals surface area contributed by atoms with E-state index in [1.165, 1.54) is 6.33 Å². The molecule has 0 spiro atoms. The molecule has 0 unspecified atom stereocenters. The predicted molar refractivity (Wildman–Crippen MR) is 51.9 cm³/mol. The number of amides is 1. The maximum absolute atomic E-state index is 11.3. The van der Waals surface area contributed by atoms with Crippen molar-refractivity contribution in [2.75, 3.05) is 19.6 Å². The summed E-state index contributed by atoms with van der Waals surface area (Å²) in [4.78, 5) is 15.0. The molecule has 0 radical (unpaired) electrons. The molecule has 78 valence electrons. The summed E-state index contributed by atoms with van der Waals surface area (Å²) in [7, 11) is 0. The Morgan fingerprint density at radius 2 is 2.43 bits per heavy atom. The van der Waals surface area contributed by atoms with E-state index in [2.05, 4.69) is 25.8 Å². The van der Waals surface area contributed by atoms with Crippen LogP contribution in [-0.4, -0.2) is 40.7 Å². The van der Waals surface area contributed by atoms with Gasteiger partial charge in [-0.2, -0.15) is 5.10 Å². The lowest BCUT2D eigenvalue weighted by molar-refractivity contribution is 0.0943. The normalized spacial score (nSPS) is 10.1. The van der Waals surface area contributed by atoms with Crippen molar-refractivity contribution in [1.82, 2.24) is 25.8 Å². The fourth-order valence-corrected chi connectivity index (χ4v) is 0.991. The molecule has 1 aromatic rings. The monoisotopic (exact) mass is 197 g/mol. The molecule has 0 atom stereocenters. The van der Waals surface area contributed by atoms with Crippen molar-refractivity contribution in [3.8, 4) is 0 Å². The molecule has 6 nitrogen and oxygen atoms in total. The van der Waals surface area contributed by atoms with Gasteiger partial charge < -0.3 is 10.6 Å². The van der Waals surface area contributed by atoms with Gasteiger partial charge in [-0.1, -0.05) is 6.92 Å². The molecule has 1 aromatic heterocycles. The number of carbonyl (C=O) groups is 1. The van der Waals surface area contributed by atoms with Crippen molar-refractivity contribution >= 4 is 5.91 Å². The zero-order chi connectivity index (χ0) is 10.2. The van der Waals surface area contributed by atoms with Crippen molar-refractivity contribution in [3.63, 3.8) is 0 Å². The molecule has 1 heterocycles. The summed E-state index contributed by atoms with van der Waals surface area (Å²) in [5, 5.41) is 12.0. The number of aromatic amines is 1. The van der Waals surface area contributed by atoms with Crippen LogP contribution in [0, 0.1) is 0 Å². The highest BCUT2D eigenvalue weighted by molar-refractivity contribution is 5.90. The number of rotatable bonds is 6. The largest absolute Gasteiger partial charge is 0.349 e. The van der Waals surface area contributed by atoms with E-state index in [-0.39, 0.29) is 11.7 Å². The molecule has 0 aliphatic heterocycles. The molecular formula is C8H15N5O. The van der Waals surface area contributed by atoms with E-state index in [4.69, 9.17) is 0 Å². The Bertz CT molecular complexity index is 259. The lowest BCUT2D eigenvalue weighted by Gasteiger charge is -2.02. The lowest BCUT2D eigenvalue weighted by atomic mass is 10.4.